The monoisotopic (exact) mass is 484 g/mol. The van der Waals surface area contributed by atoms with Crippen LogP contribution in [0.2, 0.25) is 0 Å². The van der Waals surface area contributed by atoms with Crippen LogP contribution in [-0.2, 0) is 22.2 Å². The number of thioether (sulfide) groups is 1. The molecule has 0 amide bonds. The summed E-state index contributed by atoms with van der Waals surface area (Å²) >= 11 is 1.46. The Morgan fingerprint density at radius 2 is 1.79 bits per heavy atom. The summed E-state index contributed by atoms with van der Waals surface area (Å²) in [6.07, 6.45) is 2.68. The fourth-order valence-electron chi connectivity index (χ4n) is 3.81. The first-order chi connectivity index (χ1) is 15.8. The predicted octanol–water partition coefficient (Wildman–Crippen LogP) is 3.19. The van der Waals surface area contributed by atoms with Crippen LogP contribution in [0, 0.1) is 22.7 Å². The van der Waals surface area contributed by atoms with E-state index in [1.54, 1.807) is 12.1 Å². The summed E-state index contributed by atoms with van der Waals surface area (Å²) in [5, 5.41) is 20.4. The maximum atomic E-state index is 11.4. The molecule has 0 bridgehead atoms. The third-order valence-electron chi connectivity index (χ3n) is 5.48. The zero-order valence-corrected chi connectivity index (χ0v) is 20.8. The molecule has 0 saturated carbocycles. The lowest BCUT2D eigenvalue weighted by Crippen LogP contribution is -2.30. The number of aromatic nitrogens is 1. The van der Waals surface area contributed by atoms with Gasteiger partial charge in [-0.1, -0.05) is 19.1 Å². The van der Waals surface area contributed by atoms with E-state index >= 15 is 0 Å². The Balaban J connectivity index is 1.91. The number of anilines is 2. The van der Waals surface area contributed by atoms with Gasteiger partial charge in [0.25, 0.3) is 0 Å². The molecule has 2 aromatic rings. The van der Waals surface area contributed by atoms with Crippen LogP contribution >= 0.6 is 11.8 Å². The van der Waals surface area contributed by atoms with E-state index in [-0.39, 0.29) is 0 Å². The minimum atomic E-state index is -3.33. The molecule has 0 radical (unpaired) electrons. The quantitative estimate of drug-likeness (QED) is 0.596. The average Bonchev–Trinajstić information content (AvgIpc) is 3.00. The van der Waals surface area contributed by atoms with Crippen molar-refractivity contribution in [2.24, 2.45) is 0 Å². The van der Waals surface area contributed by atoms with Crippen LogP contribution in [0.15, 0.2) is 29.3 Å². The van der Waals surface area contributed by atoms with Gasteiger partial charge >= 0.3 is 0 Å². The van der Waals surface area contributed by atoms with E-state index in [0.717, 1.165) is 50.0 Å². The second-order valence-electron chi connectivity index (χ2n) is 8.05. The van der Waals surface area contributed by atoms with Gasteiger partial charge in [-0.25, -0.2) is 13.4 Å². The van der Waals surface area contributed by atoms with Crippen molar-refractivity contribution < 1.29 is 8.42 Å². The molecule has 33 heavy (non-hydrogen) atoms. The Bertz CT molecular complexity index is 1180. The maximum Gasteiger partial charge on any atom is 0.229 e. The van der Waals surface area contributed by atoms with Crippen molar-refractivity contribution in [1.29, 1.82) is 10.5 Å². The largest absolute Gasteiger partial charge is 0.354 e. The minimum Gasteiger partial charge on any atom is -0.354 e. The van der Waals surface area contributed by atoms with Crippen molar-refractivity contribution in [3.63, 3.8) is 0 Å². The number of nitriles is 2. The highest BCUT2D eigenvalue weighted by atomic mass is 32.2. The Kier molecular flexibility index (Phi) is 8.20. The van der Waals surface area contributed by atoms with Crippen LogP contribution in [-0.4, -0.2) is 57.8 Å². The molecule has 1 aliphatic heterocycles. The number of pyridine rings is 1. The number of hydrogen-bond acceptors (Lipinski definition) is 8. The third kappa shape index (κ3) is 6.38. The molecule has 1 aliphatic rings. The molecular formula is C23H28N6O2S2. The zero-order valence-electron chi connectivity index (χ0n) is 19.1. The van der Waals surface area contributed by atoms with Gasteiger partial charge in [-0.15, -0.1) is 11.8 Å². The fourth-order valence-corrected chi connectivity index (χ4v) is 5.33. The van der Waals surface area contributed by atoms with Gasteiger partial charge < -0.3 is 9.80 Å². The van der Waals surface area contributed by atoms with Crippen LogP contribution in [0.3, 0.4) is 0 Å². The number of nitrogens with one attached hydrogen (secondary N) is 1. The van der Waals surface area contributed by atoms with E-state index in [9.17, 15) is 18.9 Å². The van der Waals surface area contributed by atoms with Crippen molar-refractivity contribution in [2.45, 2.75) is 30.5 Å². The topological polar surface area (TPSA) is 113 Å². The van der Waals surface area contributed by atoms with Gasteiger partial charge in [0.2, 0.25) is 10.0 Å². The molecule has 8 nitrogen and oxygen atoms in total. The third-order valence-corrected chi connectivity index (χ3v) is 7.13. The van der Waals surface area contributed by atoms with Gasteiger partial charge in [0.05, 0.1) is 17.4 Å². The molecular weight excluding hydrogens is 456 g/mol. The molecule has 10 heteroatoms. The molecule has 0 atom stereocenters. The van der Waals surface area contributed by atoms with Gasteiger partial charge in [0.1, 0.15) is 23.0 Å². The first kappa shape index (κ1) is 24.8. The van der Waals surface area contributed by atoms with Crippen LogP contribution in [0.5, 0.6) is 0 Å². The van der Waals surface area contributed by atoms with Gasteiger partial charge in [-0.05, 0) is 49.7 Å². The smallest absolute Gasteiger partial charge is 0.229 e. The standard InChI is InChI=1S/C23H28N6O2S2/c1-4-19-20(14-24)22(29-11-5-10-28(2)12-13-29)26-23(21(19)15-25)32-16-17-6-8-18(9-7-17)27-33(3,30)31/h6-9,27H,4-5,10-13,16H2,1-3H3. The highest BCUT2D eigenvalue weighted by Crippen LogP contribution is 2.34. The predicted molar refractivity (Wildman–Crippen MR) is 132 cm³/mol. The molecule has 1 fully saturated rings. The number of benzene rings is 1. The summed E-state index contributed by atoms with van der Waals surface area (Å²) < 4.78 is 25.2. The lowest BCUT2D eigenvalue weighted by atomic mass is 10.0. The number of sulfonamides is 1. The SMILES string of the molecule is CCc1c(C#N)c(SCc2ccc(NS(C)(=O)=O)cc2)nc(N2CCCN(C)CC2)c1C#N. The van der Waals surface area contributed by atoms with Gasteiger partial charge in [-0.2, -0.15) is 10.5 Å². The average molecular weight is 485 g/mol. The molecule has 3 rings (SSSR count). The van der Waals surface area contributed by atoms with Gasteiger partial charge in [0.15, 0.2) is 0 Å². The first-order valence-electron chi connectivity index (χ1n) is 10.8. The molecule has 1 aromatic carbocycles. The normalized spacial score (nSPS) is 14.9. The van der Waals surface area contributed by atoms with Crippen LogP contribution in [0.4, 0.5) is 11.5 Å². The Morgan fingerprint density at radius 3 is 2.39 bits per heavy atom. The Labute approximate surface area is 200 Å². The second-order valence-corrected chi connectivity index (χ2v) is 10.8. The summed E-state index contributed by atoms with van der Waals surface area (Å²) in [4.78, 5) is 9.27. The summed E-state index contributed by atoms with van der Waals surface area (Å²) in [7, 11) is -1.23. The molecule has 0 spiro atoms. The van der Waals surface area contributed by atoms with Crippen molar-refractivity contribution >= 4 is 33.3 Å². The van der Waals surface area contributed by atoms with Crippen molar-refractivity contribution in [3.8, 4) is 12.1 Å². The number of rotatable bonds is 7. The summed E-state index contributed by atoms with van der Waals surface area (Å²) in [5.74, 6) is 1.23. The molecule has 0 aliphatic carbocycles. The fraction of sp³-hybridized carbons (Fsp3) is 0.435. The van der Waals surface area contributed by atoms with E-state index in [4.69, 9.17) is 4.98 Å². The molecule has 1 saturated heterocycles. The summed E-state index contributed by atoms with van der Waals surface area (Å²) in [6.45, 7) is 5.45. The molecule has 1 aromatic heterocycles. The lowest BCUT2D eigenvalue weighted by molar-refractivity contribution is 0.360. The molecule has 174 valence electrons. The summed E-state index contributed by atoms with van der Waals surface area (Å²) in [6, 6.07) is 11.7. The van der Waals surface area contributed by atoms with E-state index in [2.05, 4.69) is 33.7 Å². The molecule has 2 heterocycles. The van der Waals surface area contributed by atoms with Gasteiger partial charge in [-0.3, -0.25) is 4.72 Å². The highest BCUT2D eigenvalue weighted by molar-refractivity contribution is 7.98. The summed E-state index contributed by atoms with van der Waals surface area (Å²) in [5.41, 5.74) is 3.19. The van der Waals surface area contributed by atoms with Gasteiger partial charge in [0, 0.05) is 31.1 Å². The van der Waals surface area contributed by atoms with Crippen LogP contribution in [0.1, 0.15) is 35.6 Å². The highest BCUT2D eigenvalue weighted by Gasteiger charge is 2.24. The van der Waals surface area contributed by atoms with Crippen LogP contribution < -0.4 is 9.62 Å². The Morgan fingerprint density at radius 1 is 1.09 bits per heavy atom. The number of hydrogen-bond donors (Lipinski definition) is 1. The zero-order chi connectivity index (χ0) is 24.0. The first-order valence-corrected chi connectivity index (χ1v) is 13.6. The van der Waals surface area contributed by atoms with E-state index in [1.807, 2.05) is 19.1 Å². The minimum absolute atomic E-state index is 0.463. The second kappa shape index (κ2) is 10.9. The molecule has 0 unspecified atom stereocenters. The molecule has 1 N–H and O–H groups in total. The van der Waals surface area contributed by atoms with E-state index < -0.39 is 10.0 Å². The van der Waals surface area contributed by atoms with Crippen molar-refractivity contribution in [2.75, 3.05) is 49.1 Å². The number of likely N-dealkylation sites (N-methyl/N-ethyl adjacent to an activating group) is 1. The maximum absolute atomic E-state index is 11.4. The van der Waals surface area contributed by atoms with Crippen molar-refractivity contribution in [1.82, 2.24) is 9.88 Å². The Hall–Kier alpha value is -2.79. The van der Waals surface area contributed by atoms with E-state index in [1.165, 1.54) is 11.8 Å². The lowest BCUT2D eigenvalue weighted by Gasteiger charge is -2.25. The number of nitrogens with zero attached hydrogens (tertiary/aromatic N) is 5. The van der Waals surface area contributed by atoms with E-state index in [0.29, 0.717) is 39.8 Å². The van der Waals surface area contributed by atoms with Crippen LogP contribution in [0.25, 0.3) is 0 Å². The van der Waals surface area contributed by atoms with Crippen molar-refractivity contribution in [3.05, 3.63) is 46.5 Å².